The van der Waals surface area contributed by atoms with E-state index in [0.29, 0.717) is 17.7 Å². The van der Waals surface area contributed by atoms with Gasteiger partial charge < -0.3 is 5.73 Å². The summed E-state index contributed by atoms with van der Waals surface area (Å²) in [6.07, 6.45) is 8.04. The van der Waals surface area contributed by atoms with Gasteiger partial charge in [-0.1, -0.05) is 24.9 Å². The minimum Gasteiger partial charge on any atom is -0.327 e. The van der Waals surface area contributed by atoms with Crippen LogP contribution >= 0.6 is 0 Å². The number of hydrogen-bond donors (Lipinski definition) is 2. The molecule has 0 radical (unpaired) electrons. The number of H-pyrrole nitrogens is 1. The van der Waals surface area contributed by atoms with Crippen LogP contribution in [0.25, 0.3) is 0 Å². The summed E-state index contributed by atoms with van der Waals surface area (Å²) in [6, 6.07) is 0.0649. The van der Waals surface area contributed by atoms with Crippen LogP contribution in [-0.2, 0) is 6.42 Å². The molecule has 0 bridgehead atoms. The summed E-state index contributed by atoms with van der Waals surface area (Å²) in [6.45, 7) is 2.22. The van der Waals surface area contributed by atoms with Gasteiger partial charge in [-0.3, -0.25) is 9.51 Å². The number of aromatic amines is 1. The Kier molecular flexibility index (Phi) is 3.66. The molecule has 1 aliphatic carbocycles. The Balaban J connectivity index is 1.81. The second kappa shape index (κ2) is 5.04. The third-order valence-electron chi connectivity index (χ3n) is 3.65. The highest BCUT2D eigenvalue weighted by Crippen LogP contribution is 2.53. The summed E-state index contributed by atoms with van der Waals surface area (Å²) in [5.41, 5.74) is 6.59. The zero-order valence-corrected chi connectivity index (χ0v) is 10.4. The zero-order chi connectivity index (χ0) is 12.3. The van der Waals surface area contributed by atoms with Gasteiger partial charge in [0.05, 0.1) is 0 Å². The van der Waals surface area contributed by atoms with Crippen molar-refractivity contribution < 1.29 is 4.52 Å². The van der Waals surface area contributed by atoms with Gasteiger partial charge in [-0.2, -0.15) is 0 Å². The van der Waals surface area contributed by atoms with E-state index in [0.717, 1.165) is 6.42 Å². The molecule has 1 heterocycles. The Morgan fingerprint density at radius 3 is 2.88 bits per heavy atom. The predicted molar refractivity (Wildman–Crippen MR) is 64.6 cm³/mol. The lowest BCUT2D eigenvalue weighted by molar-refractivity contribution is 0.358. The number of unbranched alkanes of at least 4 members (excludes halogenated alkanes) is 1. The van der Waals surface area contributed by atoms with Crippen molar-refractivity contribution in [3.8, 4) is 0 Å². The number of nitrogens with one attached hydrogen (secondary N) is 1. The summed E-state index contributed by atoms with van der Waals surface area (Å²) in [5.74, 6) is 0.0631. The highest BCUT2D eigenvalue weighted by Gasteiger charge is 2.42. The lowest BCUT2D eigenvalue weighted by atomic mass is 9.90. The first-order valence-corrected chi connectivity index (χ1v) is 6.44. The molecule has 1 saturated carbocycles. The Morgan fingerprint density at radius 2 is 2.35 bits per heavy atom. The molecule has 17 heavy (non-hydrogen) atoms. The van der Waals surface area contributed by atoms with Crippen LogP contribution in [0.3, 0.4) is 0 Å². The normalized spacial score (nSPS) is 19.2. The van der Waals surface area contributed by atoms with Gasteiger partial charge >= 0.3 is 5.76 Å². The van der Waals surface area contributed by atoms with E-state index in [2.05, 4.69) is 21.6 Å². The van der Waals surface area contributed by atoms with Gasteiger partial charge in [0, 0.05) is 12.5 Å². The van der Waals surface area contributed by atoms with Crippen molar-refractivity contribution in [2.75, 3.05) is 0 Å². The molecule has 1 aromatic heterocycles. The van der Waals surface area contributed by atoms with Crippen molar-refractivity contribution in [3.05, 3.63) is 16.4 Å². The van der Waals surface area contributed by atoms with E-state index in [9.17, 15) is 4.79 Å². The fourth-order valence-electron chi connectivity index (χ4n) is 2.51. The van der Waals surface area contributed by atoms with E-state index in [-0.39, 0.29) is 6.04 Å². The molecule has 5 heteroatoms. The van der Waals surface area contributed by atoms with Crippen molar-refractivity contribution in [2.45, 2.75) is 57.9 Å². The summed E-state index contributed by atoms with van der Waals surface area (Å²) >= 11 is 0. The Bertz CT molecular complexity index is 406. The first kappa shape index (κ1) is 12.4. The van der Waals surface area contributed by atoms with Gasteiger partial charge in [0.15, 0.2) is 5.82 Å². The fraction of sp³-hybridized carbons (Fsp3) is 0.833. The Labute approximate surface area is 101 Å². The Morgan fingerprint density at radius 1 is 1.59 bits per heavy atom. The third-order valence-corrected chi connectivity index (χ3v) is 3.65. The minimum absolute atomic E-state index is 0.0649. The molecule has 0 aliphatic heterocycles. The molecule has 1 unspecified atom stereocenters. The second-order valence-electron chi connectivity index (χ2n) is 5.31. The highest BCUT2D eigenvalue weighted by molar-refractivity contribution is 4.97. The maximum Gasteiger partial charge on any atom is 0.438 e. The average molecular weight is 239 g/mol. The van der Waals surface area contributed by atoms with Crippen LogP contribution in [0.4, 0.5) is 0 Å². The van der Waals surface area contributed by atoms with Crippen LogP contribution in [0, 0.1) is 5.41 Å². The van der Waals surface area contributed by atoms with E-state index >= 15 is 0 Å². The average Bonchev–Trinajstić information content (AvgIpc) is 2.92. The summed E-state index contributed by atoms with van der Waals surface area (Å²) in [5, 5.41) is 3.65. The maximum absolute atomic E-state index is 10.8. The lowest BCUT2D eigenvalue weighted by Crippen LogP contribution is -2.27. The second-order valence-corrected chi connectivity index (χ2v) is 5.31. The van der Waals surface area contributed by atoms with Crippen molar-refractivity contribution in [1.82, 2.24) is 10.1 Å². The van der Waals surface area contributed by atoms with Gasteiger partial charge in [0.2, 0.25) is 0 Å². The SMILES string of the molecule is CCCCC1(CC(N)Cc2noc(=O)[nH]2)CC1. The molecule has 0 aromatic carbocycles. The molecule has 2 rings (SSSR count). The van der Waals surface area contributed by atoms with E-state index in [1.54, 1.807) is 0 Å². The van der Waals surface area contributed by atoms with Crippen molar-refractivity contribution in [1.29, 1.82) is 0 Å². The molecule has 1 atom stereocenters. The first-order chi connectivity index (χ1) is 8.13. The van der Waals surface area contributed by atoms with Crippen LogP contribution in [0.5, 0.6) is 0 Å². The van der Waals surface area contributed by atoms with E-state index < -0.39 is 5.76 Å². The molecule has 3 N–H and O–H groups in total. The molecule has 96 valence electrons. The third kappa shape index (κ3) is 3.43. The molecule has 0 spiro atoms. The summed E-state index contributed by atoms with van der Waals surface area (Å²) < 4.78 is 4.46. The van der Waals surface area contributed by atoms with Crippen LogP contribution in [0.1, 0.15) is 51.3 Å². The molecule has 1 aliphatic rings. The van der Waals surface area contributed by atoms with Crippen molar-refractivity contribution in [3.63, 3.8) is 0 Å². The quantitative estimate of drug-likeness (QED) is 0.756. The van der Waals surface area contributed by atoms with Crippen molar-refractivity contribution in [2.24, 2.45) is 11.1 Å². The first-order valence-electron chi connectivity index (χ1n) is 6.44. The van der Waals surface area contributed by atoms with E-state index in [1.165, 1.54) is 32.1 Å². The predicted octanol–water partition coefficient (Wildman–Crippen LogP) is 1.59. The number of hydrogen-bond acceptors (Lipinski definition) is 4. The number of nitrogens with two attached hydrogens (primary N) is 1. The fourth-order valence-corrected chi connectivity index (χ4v) is 2.51. The molecular formula is C12H21N3O2. The molecule has 5 nitrogen and oxygen atoms in total. The molecular weight excluding hydrogens is 218 g/mol. The maximum atomic E-state index is 10.8. The summed E-state index contributed by atoms with van der Waals surface area (Å²) in [4.78, 5) is 13.3. The Hall–Kier alpha value is -1.10. The monoisotopic (exact) mass is 239 g/mol. The van der Waals surface area contributed by atoms with Gasteiger partial charge in [0.1, 0.15) is 0 Å². The lowest BCUT2D eigenvalue weighted by Gasteiger charge is -2.18. The minimum atomic E-state index is -0.501. The molecule has 0 saturated heterocycles. The van der Waals surface area contributed by atoms with Crippen LogP contribution in [0.2, 0.25) is 0 Å². The van der Waals surface area contributed by atoms with E-state index in [4.69, 9.17) is 5.73 Å². The smallest absolute Gasteiger partial charge is 0.327 e. The molecule has 1 aromatic rings. The standard InChI is InChI=1S/C12H21N3O2/c1-2-3-4-12(5-6-12)8-9(13)7-10-14-11(16)17-15-10/h9H,2-8,13H2,1H3,(H,14,15,16). The van der Waals surface area contributed by atoms with E-state index in [1.807, 2.05) is 0 Å². The number of aromatic nitrogens is 2. The van der Waals surface area contributed by atoms with Crippen LogP contribution < -0.4 is 11.5 Å². The summed E-state index contributed by atoms with van der Waals surface area (Å²) in [7, 11) is 0. The van der Waals surface area contributed by atoms with Crippen molar-refractivity contribution >= 4 is 0 Å². The van der Waals surface area contributed by atoms with Gasteiger partial charge in [-0.15, -0.1) is 0 Å². The number of nitrogens with zero attached hydrogens (tertiary/aromatic N) is 1. The van der Waals surface area contributed by atoms with Gasteiger partial charge in [0.25, 0.3) is 0 Å². The van der Waals surface area contributed by atoms with Gasteiger partial charge in [-0.25, -0.2) is 4.79 Å². The molecule has 0 amide bonds. The van der Waals surface area contributed by atoms with Crippen LogP contribution in [-0.4, -0.2) is 16.2 Å². The number of rotatable bonds is 7. The topological polar surface area (TPSA) is 84.9 Å². The molecule has 1 fully saturated rings. The van der Waals surface area contributed by atoms with Gasteiger partial charge in [-0.05, 0) is 31.1 Å². The highest BCUT2D eigenvalue weighted by atomic mass is 16.5. The largest absolute Gasteiger partial charge is 0.438 e. The zero-order valence-electron chi connectivity index (χ0n) is 10.4. The van der Waals surface area contributed by atoms with Crippen LogP contribution in [0.15, 0.2) is 9.32 Å².